The predicted molar refractivity (Wildman–Crippen MR) is 360 cm³/mol. The van der Waals surface area contributed by atoms with Crippen molar-refractivity contribution in [3.63, 3.8) is 0 Å². The van der Waals surface area contributed by atoms with E-state index < -0.39 is 313 Å². The molecular weight excluding hydrogens is 1590 g/mol. The lowest BCUT2D eigenvalue weighted by molar-refractivity contribution is -0.401. The topological polar surface area (TPSA) is 652 Å². The second-order valence-corrected chi connectivity index (χ2v) is 26.4. The molecule has 12 bridgehead atoms. The minimum Gasteiger partial charge on any atom is -0.463 e. The van der Waals surface area contributed by atoms with Gasteiger partial charge in [0.25, 0.3) is 0 Å². The Morgan fingerprint density at radius 3 is 0.487 bits per heavy atom. The number of carbonyl (C=O) groups is 15. The second-order valence-electron chi connectivity index (χ2n) is 26.4. The first-order chi connectivity index (χ1) is 55.2. The van der Waals surface area contributed by atoms with Gasteiger partial charge in [0.1, 0.15) is 74.8 Å². The molecule has 22 saturated heterocycles. The summed E-state index contributed by atoms with van der Waals surface area (Å²) >= 11 is 0. The molecule has 51 heteroatoms. The van der Waals surface area contributed by atoms with Gasteiger partial charge in [0.15, 0.2) is 111 Å². The molecule has 0 radical (unpaired) electrons. The molecular formula is C66H87N9O42. The Labute approximate surface area is 661 Å². The lowest BCUT2D eigenvalue weighted by atomic mass is 9.93. The molecule has 0 unspecified atom stereocenters. The minimum absolute atomic E-state index is 0.828. The lowest BCUT2D eigenvalue weighted by Crippen LogP contribution is -2.71. The third-order valence-corrected chi connectivity index (χ3v) is 17.2. The fraction of sp³-hybridized carbons (Fsp3) is 0.773. The zero-order valence-corrected chi connectivity index (χ0v) is 65.2. The molecule has 22 aliphatic heterocycles. The van der Waals surface area contributed by atoms with Crippen molar-refractivity contribution in [3.05, 3.63) is 31.3 Å². The molecule has 0 N–H and O–H groups in total. The normalized spacial score (nSPS) is 35.1. The summed E-state index contributed by atoms with van der Waals surface area (Å²) in [6, 6.07) is 0. The molecule has 0 amide bonds. The summed E-state index contributed by atoms with van der Waals surface area (Å²) in [7, 11) is 0. The minimum atomic E-state index is -2.37. The van der Waals surface area contributed by atoms with Crippen LogP contribution >= 0.6 is 0 Å². The van der Waals surface area contributed by atoms with E-state index in [2.05, 4.69) is 30.1 Å². The van der Waals surface area contributed by atoms with Crippen LogP contribution < -0.4 is 0 Å². The van der Waals surface area contributed by atoms with E-state index in [0.29, 0.717) is 0 Å². The van der Waals surface area contributed by atoms with Gasteiger partial charge in [-0.05, 0) is 16.6 Å². The van der Waals surface area contributed by atoms with Crippen LogP contribution in [0.3, 0.4) is 0 Å². The number of hydrogen-bond donors (Lipinski definition) is 0. The number of esters is 15. The molecule has 0 saturated carbocycles. The highest BCUT2D eigenvalue weighted by Crippen LogP contribution is 2.44. The molecule has 0 spiro atoms. The van der Waals surface area contributed by atoms with Crippen molar-refractivity contribution in [3.8, 4) is 0 Å². The number of rotatable bonds is 24. The van der Waals surface area contributed by atoms with E-state index >= 15 is 0 Å². The van der Waals surface area contributed by atoms with Gasteiger partial charge in [-0.2, -0.15) is 0 Å². The van der Waals surface area contributed by atoms with Gasteiger partial charge in [0, 0.05) is 119 Å². The molecule has 0 aromatic rings. The fourth-order valence-electron chi connectivity index (χ4n) is 13.5. The Balaban J connectivity index is 1.62. The summed E-state index contributed by atoms with van der Waals surface area (Å²) < 4.78 is 165. The van der Waals surface area contributed by atoms with E-state index in [-0.39, 0.29) is 0 Å². The number of carbonyl (C=O) groups excluding carboxylic acids is 15. The number of nitrogens with zero attached hydrogens (tertiary/aromatic N) is 9. The van der Waals surface area contributed by atoms with Crippen LogP contribution in [0.15, 0.2) is 15.3 Å². The van der Waals surface area contributed by atoms with Gasteiger partial charge in [-0.3, -0.25) is 71.9 Å². The SMILES string of the molecule is CC(=O)OC[C@H]1O[C@@H]2O[C@H]3[C@H](OC(C)=O)[C@@H](OC(C)=O)[C@@H](O[C@H]4[C@H](OC(C)=O)[C@@H](OC(C)=O)[C@@H](O[C@H]5[C@H](OC(C)=O)[C@@H](OC(C)=O)[C@@H](O[C@H]6[C@H](OC(C)=O)[C@@H](OC(C)=O)[C@@H](O[C@H]7[C@H](OC(C)=O)[C@@H](OC(C)=O)[C@@H](O[C@H]1[C@H](OC(C)=O)[C@H]2OC(C)=O)O[C@@H]7CN=[N+]=[N-])O[C@@H]6COC(C)=O)O[C@@H]5CN=[N+]=[N-])O[C@@H]4COC(C)=O)O[C@@H]3CN=[N+]=[N-]. The summed E-state index contributed by atoms with van der Waals surface area (Å²) in [6.45, 7) is 6.67. The van der Waals surface area contributed by atoms with E-state index in [0.717, 1.165) is 104 Å². The molecule has 22 aliphatic rings. The Bertz CT molecular complexity index is 3420. The molecule has 30 atom stereocenters. The molecule has 0 aromatic carbocycles. The molecule has 0 aromatic heterocycles. The Morgan fingerprint density at radius 1 is 0.214 bits per heavy atom. The van der Waals surface area contributed by atoms with Gasteiger partial charge in [-0.1, -0.05) is 15.3 Å². The van der Waals surface area contributed by atoms with Gasteiger partial charge < -0.3 is 128 Å². The first kappa shape index (κ1) is 93.7. The average Bonchev–Trinajstić information content (AvgIpc) is 0.755. The molecule has 117 heavy (non-hydrogen) atoms. The maximum Gasteiger partial charge on any atom is 0.303 e. The smallest absolute Gasteiger partial charge is 0.303 e. The van der Waals surface area contributed by atoms with Crippen molar-refractivity contribution in [1.82, 2.24) is 0 Å². The van der Waals surface area contributed by atoms with E-state index in [9.17, 15) is 88.5 Å². The highest BCUT2D eigenvalue weighted by atomic mass is 16.8. The fourth-order valence-corrected chi connectivity index (χ4v) is 13.5. The Hall–Kier alpha value is -10.5. The number of hydrogen-bond acceptors (Lipinski definition) is 45. The van der Waals surface area contributed by atoms with Gasteiger partial charge in [0.05, 0.1) is 37.9 Å². The van der Waals surface area contributed by atoms with Crippen molar-refractivity contribution in [1.29, 1.82) is 0 Å². The summed E-state index contributed by atoms with van der Waals surface area (Å²) in [5.74, 6) is -18.2. The van der Waals surface area contributed by atoms with Crippen LogP contribution in [0.4, 0.5) is 0 Å². The van der Waals surface area contributed by atoms with Crippen LogP contribution in [0.25, 0.3) is 31.3 Å². The van der Waals surface area contributed by atoms with Crippen LogP contribution in [0, 0.1) is 0 Å². The molecule has 22 fully saturated rings. The molecule has 22 rings (SSSR count). The maximum atomic E-state index is 13.7. The van der Waals surface area contributed by atoms with Crippen LogP contribution in [0.2, 0.25) is 0 Å². The van der Waals surface area contributed by atoms with Crippen molar-refractivity contribution >= 4 is 89.5 Å². The monoisotopic (exact) mass is 1680 g/mol. The van der Waals surface area contributed by atoms with Crippen LogP contribution in [0.5, 0.6) is 0 Å². The van der Waals surface area contributed by atoms with Gasteiger partial charge in [-0.25, -0.2) is 0 Å². The van der Waals surface area contributed by atoms with Crippen molar-refractivity contribution < 1.29 is 200 Å². The predicted octanol–water partition coefficient (Wildman–Crippen LogP) is -0.539. The summed E-state index contributed by atoms with van der Waals surface area (Å²) in [6.07, 6.45) is -66.5. The highest BCUT2D eigenvalue weighted by molar-refractivity contribution is 5.72. The lowest BCUT2D eigenvalue weighted by Gasteiger charge is -2.52. The maximum absolute atomic E-state index is 13.7. The molecule has 22 heterocycles. The summed E-state index contributed by atoms with van der Waals surface area (Å²) in [5.41, 5.74) is 29.9. The largest absolute Gasteiger partial charge is 0.463 e. The number of ether oxygens (including phenoxy) is 27. The van der Waals surface area contributed by atoms with Crippen molar-refractivity contribution in [2.75, 3.05) is 39.5 Å². The zero-order valence-electron chi connectivity index (χ0n) is 65.2. The van der Waals surface area contributed by atoms with Gasteiger partial charge in [0.2, 0.25) is 0 Å². The molecule has 0 aliphatic carbocycles. The Morgan fingerprint density at radius 2 is 0.350 bits per heavy atom. The zero-order chi connectivity index (χ0) is 86.6. The van der Waals surface area contributed by atoms with Crippen molar-refractivity contribution in [2.24, 2.45) is 15.3 Å². The quantitative estimate of drug-likeness (QED) is 0.0385. The third kappa shape index (κ3) is 26.0. The van der Waals surface area contributed by atoms with E-state index in [1.54, 1.807) is 0 Å². The van der Waals surface area contributed by atoms with Gasteiger partial charge in [-0.15, -0.1) is 0 Å². The molecule has 51 nitrogen and oxygen atoms in total. The van der Waals surface area contributed by atoms with E-state index in [4.69, 9.17) is 128 Å². The highest BCUT2D eigenvalue weighted by Gasteiger charge is 2.65. The van der Waals surface area contributed by atoms with Gasteiger partial charge >= 0.3 is 89.5 Å². The van der Waals surface area contributed by atoms with Crippen LogP contribution in [-0.4, -0.2) is 313 Å². The van der Waals surface area contributed by atoms with E-state index in [1.165, 1.54) is 0 Å². The first-order valence-electron chi connectivity index (χ1n) is 35.6. The third-order valence-electron chi connectivity index (χ3n) is 17.2. The second kappa shape index (κ2) is 43.1. The molecule has 648 valence electrons. The standard InChI is InChI=1S/C66H87N9O42/c1-22(76)91-19-40-46-52(97-28(7)82)58(103-34(13)88)64(109-40)112-43-37(16-70-73-67)107-62(56(101-32(11)86)49(43)94-25(4)79)116-47-41(20-92-23(2)77)111-66(60(105-36(15)90)53(47)98-29(8)83)114-45-39(18-72-75-69)108-63(57(102-33(12)87)51(45)96-27(6)81)117-48-42(21-93-24(3)78)110-65(59(104-35(14)89)54(48)99-30(9)84)113-44-38(17-71-74-68)106-61(115-46)55(100-31(10)85)50(44)95-26(5)80/h37-66H,16-21H2,1-15H3/t37-,38-,39-,40-,41-,42-,43-,44-,45-,46-,47-,48-,49+,50+,51+,52+,53+,54+,55-,56-,57-,58-,59-,60-,61-,62-,63-,64-,65-,66-/m1/s1. The van der Waals surface area contributed by atoms with Crippen molar-refractivity contribution in [2.45, 2.75) is 288 Å². The first-order valence-corrected chi connectivity index (χ1v) is 35.6. The summed E-state index contributed by atoms with van der Waals surface area (Å²) in [4.78, 5) is 211. The van der Waals surface area contributed by atoms with Crippen LogP contribution in [0.1, 0.15) is 104 Å². The van der Waals surface area contributed by atoms with Crippen LogP contribution in [-0.2, 0) is 200 Å². The summed E-state index contributed by atoms with van der Waals surface area (Å²) in [5, 5.41) is 10.9. The van der Waals surface area contributed by atoms with E-state index in [1.807, 2.05) is 0 Å². The Kier molecular flexibility index (Phi) is 34.5. The average molecular weight is 1680 g/mol. The number of azide groups is 3.